The van der Waals surface area contributed by atoms with Crippen molar-refractivity contribution < 1.29 is 37.0 Å². The number of rotatable bonds is 6. The lowest BCUT2D eigenvalue weighted by atomic mass is 9.84. The average molecular weight is 385 g/mol. The zero-order chi connectivity index (χ0) is 19.6. The van der Waals surface area contributed by atoms with Crippen LogP contribution in [0.5, 0.6) is 0 Å². The van der Waals surface area contributed by atoms with E-state index < -0.39 is 36.3 Å². The molecule has 3 rings (SSSR count). The molecule has 1 saturated heterocycles. The quantitative estimate of drug-likeness (QED) is 0.597. The molecule has 0 unspecified atom stereocenters. The standard InChI is InChI=1S/C18H18F3NO5/c19-18(20,21)17(25)22-12(8-11-6-7-13(23)15-14(11)27-15)16(24)26-9-10-4-2-1-3-5-10/h1-5,11-12,14-15H,6-9H2,(H,22,25)/t11-,12+,14-,15+/m1/s1. The van der Waals surface area contributed by atoms with Crippen LogP contribution < -0.4 is 5.32 Å². The van der Waals surface area contributed by atoms with E-state index in [1.807, 2.05) is 0 Å². The van der Waals surface area contributed by atoms with Crippen molar-refractivity contribution in [3.05, 3.63) is 35.9 Å². The Morgan fingerprint density at radius 1 is 1.26 bits per heavy atom. The Kier molecular flexibility index (Phi) is 5.50. The molecule has 1 aromatic carbocycles. The third-order valence-corrected chi connectivity index (χ3v) is 4.68. The first-order valence-corrected chi connectivity index (χ1v) is 8.52. The molecule has 146 valence electrons. The summed E-state index contributed by atoms with van der Waals surface area (Å²) < 4.78 is 48.1. The van der Waals surface area contributed by atoms with E-state index in [9.17, 15) is 27.6 Å². The molecule has 2 fully saturated rings. The summed E-state index contributed by atoms with van der Waals surface area (Å²) in [6.45, 7) is -0.121. The van der Waals surface area contributed by atoms with Gasteiger partial charge in [-0.1, -0.05) is 30.3 Å². The number of ether oxygens (including phenoxy) is 2. The Morgan fingerprint density at radius 2 is 1.96 bits per heavy atom. The van der Waals surface area contributed by atoms with E-state index in [2.05, 4.69) is 0 Å². The molecule has 0 radical (unpaired) electrons. The number of hydrogen-bond donors (Lipinski definition) is 1. The van der Waals surface area contributed by atoms with Gasteiger partial charge in [-0.15, -0.1) is 0 Å². The second-order valence-electron chi connectivity index (χ2n) is 6.64. The second-order valence-corrected chi connectivity index (χ2v) is 6.64. The number of benzene rings is 1. The number of hydrogen-bond acceptors (Lipinski definition) is 5. The van der Waals surface area contributed by atoms with Gasteiger partial charge in [-0.2, -0.15) is 13.2 Å². The SMILES string of the molecule is O=C(OCc1ccccc1)[C@H](C[C@H]1CCC(=O)[C@@H]2O[C@H]12)NC(=O)C(F)(F)F. The number of halogens is 3. The maximum Gasteiger partial charge on any atom is 0.471 e. The number of amides is 1. The summed E-state index contributed by atoms with van der Waals surface area (Å²) in [4.78, 5) is 35.2. The molecule has 1 N–H and O–H groups in total. The number of epoxide rings is 1. The number of alkyl halides is 3. The zero-order valence-electron chi connectivity index (χ0n) is 14.2. The molecule has 4 atom stereocenters. The first kappa shape index (κ1) is 19.3. The number of carbonyl (C=O) groups is 3. The summed E-state index contributed by atoms with van der Waals surface area (Å²) >= 11 is 0. The Balaban J connectivity index is 1.64. The van der Waals surface area contributed by atoms with Gasteiger partial charge in [0.2, 0.25) is 0 Å². The van der Waals surface area contributed by atoms with Crippen LogP contribution in [0.25, 0.3) is 0 Å². The minimum Gasteiger partial charge on any atom is -0.459 e. The Hall–Kier alpha value is -2.42. The van der Waals surface area contributed by atoms with E-state index in [-0.39, 0.29) is 31.1 Å². The van der Waals surface area contributed by atoms with E-state index in [1.165, 1.54) is 0 Å². The molecule has 1 aliphatic heterocycles. The lowest BCUT2D eigenvalue weighted by Gasteiger charge is -2.24. The van der Waals surface area contributed by atoms with Gasteiger partial charge in [0.15, 0.2) is 5.78 Å². The summed E-state index contributed by atoms with van der Waals surface area (Å²) in [5.74, 6) is -3.50. The summed E-state index contributed by atoms with van der Waals surface area (Å²) in [6, 6.07) is 7.17. The average Bonchev–Trinajstić information content (AvgIpc) is 3.43. The van der Waals surface area contributed by atoms with E-state index in [0.29, 0.717) is 12.0 Å². The van der Waals surface area contributed by atoms with Gasteiger partial charge in [-0.3, -0.25) is 9.59 Å². The van der Waals surface area contributed by atoms with E-state index in [0.717, 1.165) is 0 Å². The van der Waals surface area contributed by atoms with Crippen molar-refractivity contribution in [3.63, 3.8) is 0 Å². The molecular weight excluding hydrogens is 367 g/mol. The van der Waals surface area contributed by atoms with Crippen molar-refractivity contribution in [3.8, 4) is 0 Å². The van der Waals surface area contributed by atoms with Crippen LogP contribution in [-0.2, 0) is 30.5 Å². The van der Waals surface area contributed by atoms with Crippen LogP contribution in [0.2, 0.25) is 0 Å². The molecule has 1 aromatic rings. The van der Waals surface area contributed by atoms with Crippen LogP contribution in [0.1, 0.15) is 24.8 Å². The minimum atomic E-state index is -5.11. The molecule has 0 bridgehead atoms. The lowest BCUT2D eigenvalue weighted by Crippen LogP contribution is -2.49. The number of fused-ring (bicyclic) bond motifs is 1. The third-order valence-electron chi connectivity index (χ3n) is 4.68. The van der Waals surface area contributed by atoms with Crippen LogP contribution in [0.4, 0.5) is 13.2 Å². The minimum absolute atomic E-state index is 0.0428. The van der Waals surface area contributed by atoms with Gasteiger partial charge in [0.25, 0.3) is 0 Å². The predicted octanol–water partition coefficient (Wildman–Crippen LogP) is 1.91. The first-order valence-electron chi connectivity index (χ1n) is 8.52. The topological polar surface area (TPSA) is 85.0 Å². The molecule has 1 heterocycles. The van der Waals surface area contributed by atoms with Gasteiger partial charge in [0, 0.05) is 6.42 Å². The summed E-state index contributed by atoms with van der Waals surface area (Å²) in [5, 5.41) is 1.71. The highest BCUT2D eigenvalue weighted by Gasteiger charge is 2.53. The monoisotopic (exact) mass is 385 g/mol. The van der Waals surface area contributed by atoms with E-state index >= 15 is 0 Å². The smallest absolute Gasteiger partial charge is 0.459 e. The molecule has 1 amide bonds. The molecule has 6 nitrogen and oxygen atoms in total. The van der Waals surface area contributed by atoms with Gasteiger partial charge in [-0.25, -0.2) is 4.79 Å². The first-order chi connectivity index (χ1) is 12.8. The van der Waals surface area contributed by atoms with Crippen LogP contribution in [0.15, 0.2) is 30.3 Å². The molecule has 9 heteroatoms. The van der Waals surface area contributed by atoms with Crippen LogP contribution in [0, 0.1) is 5.92 Å². The van der Waals surface area contributed by atoms with Crippen molar-refractivity contribution >= 4 is 17.7 Å². The van der Waals surface area contributed by atoms with Gasteiger partial charge in [0.1, 0.15) is 18.8 Å². The number of esters is 1. The van der Waals surface area contributed by atoms with Gasteiger partial charge in [-0.05, 0) is 24.3 Å². The Morgan fingerprint density at radius 3 is 2.63 bits per heavy atom. The largest absolute Gasteiger partial charge is 0.471 e. The van der Waals surface area contributed by atoms with Crippen molar-refractivity contribution in [2.75, 3.05) is 0 Å². The fourth-order valence-corrected chi connectivity index (χ4v) is 3.21. The highest BCUT2D eigenvalue weighted by Crippen LogP contribution is 2.41. The number of nitrogens with one attached hydrogen (secondary N) is 1. The summed E-state index contributed by atoms with van der Waals surface area (Å²) in [6.07, 6.45) is -5.50. The van der Waals surface area contributed by atoms with Crippen molar-refractivity contribution in [1.82, 2.24) is 5.32 Å². The van der Waals surface area contributed by atoms with Gasteiger partial charge < -0.3 is 14.8 Å². The normalized spacial score (nSPS) is 25.3. The zero-order valence-corrected chi connectivity index (χ0v) is 14.2. The Labute approximate surface area is 153 Å². The molecule has 27 heavy (non-hydrogen) atoms. The fourth-order valence-electron chi connectivity index (χ4n) is 3.21. The second kappa shape index (κ2) is 7.67. The van der Waals surface area contributed by atoms with Crippen molar-refractivity contribution in [2.45, 2.75) is 50.3 Å². The van der Waals surface area contributed by atoms with Crippen LogP contribution in [0.3, 0.4) is 0 Å². The van der Waals surface area contributed by atoms with E-state index in [4.69, 9.17) is 9.47 Å². The van der Waals surface area contributed by atoms with Gasteiger partial charge in [0.05, 0.1) is 6.10 Å². The third kappa shape index (κ3) is 4.85. The molecule has 0 spiro atoms. The fraction of sp³-hybridized carbons (Fsp3) is 0.500. The van der Waals surface area contributed by atoms with Crippen LogP contribution in [-0.4, -0.2) is 42.1 Å². The van der Waals surface area contributed by atoms with Gasteiger partial charge >= 0.3 is 18.1 Å². The number of carbonyl (C=O) groups excluding carboxylic acids is 3. The summed E-state index contributed by atoms with van der Waals surface area (Å²) in [7, 11) is 0. The van der Waals surface area contributed by atoms with E-state index in [1.54, 1.807) is 35.6 Å². The van der Waals surface area contributed by atoms with Crippen molar-refractivity contribution in [1.29, 1.82) is 0 Å². The van der Waals surface area contributed by atoms with Crippen molar-refractivity contribution in [2.24, 2.45) is 5.92 Å². The number of Topliss-reactive ketones (excluding diaryl/α,β-unsaturated/α-hetero) is 1. The predicted molar refractivity (Wildman–Crippen MR) is 85.2 cm³/mol. The lowest BCUT2D eigenvalue weighted by molar-refractivity contribution is -0.176. The highest BCUT2D eigenvalue weighted by molar-refractivity contribution is 5.88. The maximum absolute atomic E-state index is 12.6. The molecule has 0 aromatic heterocycles. The molecule has 1 saturated carbocycles. The maximum atomic E-state index is 12.6. The Bertz CT molecular complexity index is 721. The molecule has 2 aliphatic rings. The summed E-state index contributed by atoms with van der Waals surface area (Å²) in [5.41, 5.74) is 0.667. The van der Waals surface area contributed by atoms with Crippen LogP contribution >= 0.6 is 0 Å². The number of ketones is 1. The highest BCUT2D eigenvalue weighted by atomic mass is 19.4. The molecular formula is C18H18F3NO5. The molecule has 1 aliphatic carbocycles.